The van der Waals surface area contributed by atoms with E-state index in [9.17, 15) is 4.79 Å². The number of nitrogens with one attached hydrogen (secondary N) is 1. The molecule has 2 aromatic heterocycles. The van der Waals surface area contributed by atoms with Crippen LogP contribution in [0.1, 0.15) is 4.88 Å². The molecule has 2 aromatic rings. The number of carbonyl (C=O) groups is 1. The van der Waals surface area contributed by atoms with E-state index in [4.69, 9.17) is 0 Å². The van der Waals surface area contributed by atoms with E-state index in [-0.39, 0.29) is 5.91 Å². The second kappa shape index (κ2) is 8.16. The molecule has 0 unspecified atom stereocenters. The molecule has 0 saturated heterocycles. The number of nitrogens with zero attached hydrogens (tertiary/aromatic N) is 3. The Kier molecular flexibility index (Phi) is 6.21. The van der Waals surface area contributed by atoms with Gasteiger partial charge in [0.2, 0.25) is 11.0 Å². The summed E-state index contributed by atoms with van der Waals surface area (Å²) in [6.45, 7) is 4.90. The van der Waals surface area contributed by atoms with Crippen molar-refractivity contribution in [1.29, 1.82) is 0 Å². The maximum Gasteiger partial charge on any atom is 0.233 e. The van der Waals surface area contributed by atoms with Crippen molar-refractivity contribution in [3.63, 3.8) is 0 Å². The van der Waals surface area contributed by atoms with Crippen molar-refractivity contribution in [2.75, 3.05) is 24.7 Å². The third kappa shape index (κ3) is 4.83. The molecule has 1 N–H and O–H groups in total. The van der Waals surface area contributed by atoms with Crippen molar-refractivity contribution in [2.45, 2.75) is 10.9 Å². The van der Waals surface area contributed by atoms with E-state index in [1.165, 1.54) is 28.0 Å². The Morgan fingerprint density at radius 1 is 1.57 bits per heavy atom. The number of thiophene rings is 1. The van der Waals surface area contributed by atoms with Crippen molar-refractivity contribution < 1.29 is 4.79 Å². The fourth-order valence-corrected chi connectivity index (χ4v) is 3.91. The highest BCUT2D eigenvalue weighted by molar-refractivity contribution is 8.01. The smallest absolute Gasteiger partial charge is 0.233 e. The first-order chi connectivity index (χ1) is 10.2. The summed E-state index contributed by atoms with van der Waals surface area (Å²) in [5.41, 5.74) is 0. The SMILES string of the molecule is C=CCN(Cc1cccs1)C(=O)CSc1nnc(NC)s1. The molecule has 2 heterocycles. The fraction of sp³-hybridized carbons (Fsp3) is 0.308. The van der Waals surface area contributed by atoms with Gasteiger partial charge in [-0.15, -0.1) is 28.1 Å². The third-order valence-electron chi connectivity index (χ3n) is 2.57. The van der Waals surface area contributed by atoms with E-state index >= 15 is 0 Å². The molecule has 112 valence electrons. The van der Waals surface area contributed by atoms with Crippen LogP contribution in [0.2, 0.25) is 0 Å². The highest BCUT2D eigenvalue weighted by Gasteiger charge is 2.15. The van der Waals surface area contributed by atoms with Crippen LogP contribution >= 0.6 is 34.4 Å². The van der Waals surface area contributed by atoms with Crippen LogP contribution in [0.3, 0.4) is 0 Å². The number of amides is 1. The summed E-state index contributed by atoms with van der Waals surface area (Å²) in [6.07, 6.45) is 1.75. The topological polar surface area (TPSA) is 58.1 Å². The molecule has 0 aliphatic rings. The summed E-state index contributed by atoms with van der Waals surface area (Å²) in [5.74, 6) is 0.437. The van der Waals surface area contributed by atoms with Gasteiger partial charge in [-0.05, 0) is 11.4 Å². The lowest BCUT2D eigenvalue weighted by atomic mass is 10.4. The number of aromatic nitrogens is 2. The van der Waals surface area contributed by atoms with E-state index in [1.807, 2.05) is 17.5 Å². The molecule has 5 nitrogen and oxygen atoms in total. The lowest BCUT2D eigenvalue weighted by molar-refractivity contribution is -0.128. The van der Waals surface area contributed by atoms with Gasteiger partial charge in [-0.1, -0.05) is 35.2 Å². The second-order valence-electron chi connectivity index (χ2n) is 4.05. The molecule has 0 atom stereocenters. The zero-order valence-electron chi connectivity index (χ0n) is 11.6. The maximum absolute atomic E-state index is 12.3. The minimum Gasteiger partial charge on any atom is -0.363 e. The Hall–Kier alpha value is -1.38. The van der Waals surface area contributed by atoms with Crippen molar-refractivity contribution in [1.82, 2.24) is 15.1 Å². The molecule has 0 radical (unpaired) electrons. The Labute approximate surface area is 136 Å². The molecule has 0 aliphatic heterocycles. The molecule has 0 spiro atoms. The van der Waals surface area contributed by atoms with Gasteiger partial charge < -0.3 is 10.2 Å². The number of anilines is 1. The molecule has 0 fully saturated rings. The van der Waals surface area contributed by atoms with E-state index in [1.54, 1.807) is 29.4 Å². The zero-order chi connectivity index (χ0) is 15.1. The minimum atomic E-state index is 0.0782. The molecule has 0 aliphatic carbocycles. The highest BCUT2D eigenvalue weighted by Crippen LogP contribution is 2.25. The number of rotatable bonds is 8. The standard InChI is InChI=1S/C13H16N4OS3/c1-3-6-17(8-10-5-4-7-19-10)11(18)9-20-13-16-15-12(14-2)21-13/h3-5,7H,1,6,8-9H2,2H3,(H,14,15). The van der Waals surface area contributed by atoms with Gasteiger partial charge in [0.05, 0.1) is 12.3 Å². The molecule has 0 bridgehead atoms. The summed E-state index contributed by atoms with van der Waals surface area (Å²) in [5, 5.41) is 13.7. The fourth-order valence-electron chi connectivity index (χ4n) is 1.58. The molecule has 21 heavy (non-hydrogen) atoms. The summed E-state index contributed by atoms with van der Waals surface area (Å²) < 4.78 is 0.794. The molecular weight excluding hydrogens is 324 g/mol. The van der Waals surface area contributed by atoms with Gasteiger partial charge in [-0.3, -0.25) is 4.79 Å². The van der Waals surface area contributed by atoms with Gasteiger partial charge in [0.15, 0.2) is 4.34 Å². The molecule has 8 heteroatoms. The summed E-state index contributed by atoms with van der Waals surface area (Å²) >= 11 is 4.51. The molecule has 0 saturated carbocycles. The first-order valence-corrected chi connectivity index (χ1v) is 8.96. The number of thioether (sulfide) groups is 1. The van der Waals surface area contributed by atoms with Crippen molar-refractivity contribution in [3.05, 3.63) is 35.0 Å². The Bertz CT molecular complexity index is 582. The van der Waals surface area contributed by atoms with Gasteiger partial charge >= 0.3 is 0 Å². The second-order valence-corrected chi connectivity index (χ2v) is 7.29. The predicted molar refractivity (Wildman–Crippen MR) is 90.1 cm³/mol. The van der Waals surface area contributed by atoms with Gasteiger partial charge in [0.1, 0.15) is 0 Å². The molecule has 0 aromatic carbocycles. The quantitative estimate of drug-likeness (QED) is 0.591. The molecule has 2 rings (SSSR count). The summed E-state index contributed by atoms with van der Waals surface area (Å²) in [7, 11) is 1.80. The number of carbonyl (C=O) groups excluding carboxylic acids is 1. The van der Waals surface area contributed by atoms with Crippen LogP contribution in [0.25, 0.3) is 0 Å². The molecule has 1 amide bonds. The number of hydrogen-bond acceptors (Lipinski definition) is 7. The highest BCUT2D eigenvalue weighted by atomic mass is 32.2. The Morgan fingerprint density at radius 3 is 3.05 bits per heavy atom. The molecular formula is C13H16N4OS3. The van der Waals surface area contributed by atoms with Crippen LogP contribution < -0.4 is 5.32 Å². The van der Waals surface area contributed by atoms with E-state index in [0.29, 0.717) is 18.8 Å². The van der Waals surface area contributed by atoms with Gasteiger partial charge in [0.25, 0.3) is 0 Å². The summed E-state index contributed by atoms with van der Waals surface area (Å²) in [4.78, 5) is 15.3. The normalized spacial score (nSPS) is 10.3. The monoisotopic (exact) mass is 340 g/mol. The van der Waals surface area contributed by atoms with Gasteiger partial charge in [-0.2, -0.15) is 0 Å². The van der Waals surface area contributed by atoms with E-state index in [0.717, 1.165) is 9.47 Å². The van der Waals surface area contributed by atoms with Crippen molar-refractivity contribution in [2.24, 2.45) is 0 Å². The van der Waals surface area contributed by atoms with Gasteiger partial charge in [0, 0.05) is 18.5 Å². The van der Waals surface area contributed by atoms with E-state index in [2.05, 4.69) is 22.1 Å². The maximum atomic E-state index is 12.3. The summed E-state index contributed by atoms with van der Waals surface area (Å²) in [6, 6.07) is 4.02. The van der Waals surface area contributed by atoms with Crippen LogP contribution in [0.4, 0.5) is 5.13 Å². The van der Waals surface area contributed by atoms with Crippen molar-refractivity contribution in [3.8, 4) is 0 Å². The predicted octanol–water partition coefficient (Wildman–Crippen LogP) is 2.95. The largest absolute Gasteiger partial charge is 0.363 e. The average Bonchev–Trinajstić information content (AvgIpc) is 3.15. The minimum absolute atomic E-state index is 0.0782. The van der Waals surface area contributed by atoms with Crippen LogP contribution in [0.5, 0.6) is 0 Å². The Balaban J connectivity index is 1.90. The third-order valence-corrected chi connectivity index (χ3v) is 5.49. The lowest BCUT2D eigenvalue weighted by Gasteiger charge is -2.19. The van der Waals surface area contributed by atoms with Crippen molar-refractivity contribution >= 4 is 45.5 Å². The van der Waals surface area contributed by atoms with Crippen LogP contribution in [-0.4, -0.2) is 40.3 Å². The average molecular weight is 340 g/mol. The Morgan fingerprint density at radius 2 is 2.43 bits per heavy atom. The van der Waals surface area contributed by atoms with Crippen LogP contribution in [0.15, 0.2) is 34.5 Å². The van der Waals surface area contributed by atoms with Gasteiger partial charge in [-0.25, -0.2) is 0 Å². The first-order valence-electron chi connectivity index (χ1n) is 6.28. The number of hydrogen-bond donors (Lipinski definition) is 1. The van der Waals surface area contributed by atoms with Crippen LogP contribution in [-0.2, 0) is 11.3 Å². The first kappa shape index (κ1) is 16.0. The van der Waals surface area contributed by atoms with E-state index < -0.39 is 0 Å². The zero-order valence-corrected chi connectivity index (χ0v) is 14.1. The van der Waals surface area contributed by atoms with Crippen LogP contribution in [0, 0.1) is 0 Å². The lowest BCUT2D eigenvalue weighted by Crippen LogP contribution is -2.31.